The van der Waals surface area contributed by atoms with Crippen molar-refractivity contribution < 1.29 is 0 Å². The van der Waals surface area contributed by atoms with E-state index in [2.05, 4.69) is 120 Å². The van der Waals surface area contributed by atoms with Crippen LogP contribution < -0.4 is 0 Å². The Bertz CT molecular complexity index is 2150. The summed E-state index contributed by atoms with van der Waals surface area (Å²) in [5, 5.41) is 8.16. The summed E-state index contributed by atoms with van der Waals surface area (Å²) >= 11 is 1.89. The van der Waals surface area contributed by atoms with E-state index in [4.69, 9.17) is 0 Å². The van der Waals surface area contributed by atoms with Gasteiger partial charge in [-0.25, -0.2) is 0 Å². The van der Waals surface area contributed by atoms with Gasteiger partial charge in [-0.2, -0.15) is 0 Å². The van der Waals surface area contributed by atoms with Crippen molar-refractivity contribution in [2.24, 2.45) is 14.1 Å². The molecule has 0 saturated heterocycles. The lowest BCUT2D eigenvalue weighted by Gasteiger charge is -2.05. The molecule has 0 amide bonds. The topological polar surface area (TPSA) is 9.86 Å². The summed E-state index contributed by atoms with van der Waals surface area (Å²) in [7, 11) is 4.35. The first-order chi connectivity index (χ1) is 17.7. The molecule has 172 valence electrons. The van der Waals surface area contributed by atoms with Gasteiger partial charge in [-0.15, -0.1) is 11.3 Å². The second-order valence-corrected chi connectivity index (χ2v) is 11.0. The Morgan fingerprint density at radius 3 is 1.94 bits per heavy atom. The molecule has 0 aliphatic heterocycles. The zero-order chi connectivity index (χ0) is 24.0. The van der Waals surface area contributed by atoms with E-state index in [1.807, 2.05) is 11.3 Å². The number of thiophene rings is 1. The molecule has 0 spiro atoms. The predicted molar refractivity (Wildman–Crippen MR) is 157 cm³/mol. The van der Waals surface area contributed by atoms with Crippen LogP contribution in [-0.2, 0) is 20.5 Å². The van der Waals surface area contributed by atoms with E-state index in [9.17, 15) is 0 Å². The summed E-state index contributed by atoms with van der Waals surface area (Å²) in [6, 6.07) is 36.1. The lowest BCUT2D eigenvalue weighted by atomic mass is 9.99. The van der Waals surface area contributed by atoms with E-state index in [1.54, 1.807) is 0 Å². The number of fused-ring (bicyclic) bond motifs is 10. The van der Waals surface area contributed by atoms with Gasteiger partial charge in [0.25, 0.3) is 0 Å². The maximum Gasteiger partial charge on any atom is 0.0496 e. The van der Waals surface area contributed by atoms with Crippen molar-refractivity contribution in [2.75, 3.05) is 0 Å². The first-order valence-electron chi connectivity index (χ1n) is 12.4. The summed E-state index contributed by atoms with van der Waals surface area (Å²) in [5.41, 5.74) is 7.87. The largest absolute Gasteiger partial charge is 0.344 e. The summed E-state index contributed by atoms with van der Waals surface area (Å²) in [6.07, 6.45) is 0.922. The number of benzene rings is 5. The molecule has 0 unspecified atom stereocenters. The summed E-state index contributed by atoms with van der Waals surface area (Å²) < 4.78 is 7.37. The highest BCUT2D eigenvalue weighted by atomic mass is 32.1. The molecule has 0 saturated carbocycles. The van der Waals surface area contributed by atoms with Gasteiger partial charge in [0.05, 0.1) is 0 Å². The van der Waals surface area contributed by atoms with Crippen LogP contribution >= 0.6 is 11.3 Å². The fraction of sp³-hybridized carbons (Fsp3) is 0.0909. The minimum absolute atomic E-state index is 0.922. The van der Waals surface area contributed by atoms with Crippen LogP contribution in [0.5, 0.6) is 0 Å². The Balaban J connectivity index is 1.33. The highest BCUT2D eigenvalue weighted by molar-refractivity contribution is 7.26. The van der Waals surface area contributed by atoms with Crippen LogP contribution in [0.4, 0.5) is 0 Å². The minimum atomic E-state index is 0.922. The molecular weight excluding hydrogens is 456 g/mol. The second kappa shape index (κ2) is 7.22. The predicted octanol–water partition coefficient (Wildman–Crippen LogP) is 8.94. The smallest absolute Gasteiger partial charge is 0.0496 e. The number of para-hydroxylation sites is 1. The quantitative estimate of drug-likeness (QED) is 0.234. The van der Waals surface area contributed by atoms with Crippen LogP contribution in [0.25, 0.3) is 63.8 Å². The Kier molecular flexibility index (Phi) is 4.04. The van der Waals surface area contributed by atoms with Gasteiger partial charge in [-0.05, 0) is 66.1 Å². The van der Waals surface area contributed by atoms with Crippen LogP contribution in [0, 0.1) is 0 Å². The molecule has 3 heterocycles. The van der Waals surface area contributed by atoms with Crippen LogP contribution in [-0.4, -0.2) is 9.13 Å². The standard InChI is InChI=1S/C33H24N2S/c1-34-26-9-5-3-7-22(26)24-18-20(11-13-27(24)34)17-21-12-14-28-25(19-21)32-29(35(28)2)15-16-31-33(32)23-8-4-6-10-30(23)36-31/h3-16,18-19H,17H2,1-2H3. The van der Waals surface area contributed by atoms with Crippen molar-refractivity contribution in [3.05, 3.63) is 108 Å². The number of nitrogens with zero attached hydrogens (tertiary/aromatic N) is 2. The number of hydrogen-bond acceptors (Lipinski definition) is 1. The van der Waals surface area contributed by atoms with Crippen molar-refractivity contribution in [3.63, 3.8) is 0 Å². The molecule has 0 aliphatic carbocycles. The molecule has 8 aromatic rings. The first-order valence-corrected chi connectivity index (χ1v) is 13.3. The molecule has 8 rings (SSSR count). The molecule has 3 heteroatoms. The van der Waals surface area contributed by atoms with Crippen LogP contribution in [0.3, 0.4) is 0 Å². The van der Waals surface area contributed by atoms with Crippen molar-refractivity contribution in [1.82, 2.24) is 9.13 Å². The SMILES string of the molecule is Cn1c2ccccc2c2cc(Cc3ccc4c(c3)c3c5c(ccc3n4C)sc3ccccc35)ccc21. The van der Waals surface area contributed by atoms with Crippen LogP contribution in [0.15, 0.2) is 97.1 Å². The number of aromatic nitrogens is 2. The van der Waals surface area contributed by atoms with Crippen LogP contribution in [0.2, 0.25) is 0 Å². The zero-order valence-corrected chi connectivity index (χ0v) is 21.1. The molecule has 0 aliphatic rings. The number of rotatable bonds is 2. The molecular formula is C33H24N2S. The molecule has 2 nitrogen and oxygen atoms in total. The highest BCUT2D eigenvalue weighted by Gasteiger charge is 2.16. The molecule has 0 atom stereocenters. The van der Waals surface area contributed by atoms with E-state index in [0.717, 1.165) is 6.42 Å². The fourth-order valence-corrected chi connectivity index (χ4v) is 7.35. The van der Waals surface area contributed by atoms with Gasteiger partial charge in [0.1, 0.15) is 0 Å². The Labute approximate surface area is 212 Å². The number of hydrogen-bond donors (Lipinski definition) is 0. The van der Waals surface area contributed by atoms with Crippen molar-refractivity contribution >= 4 is 75.1 Å². The molecule has 3 aromatic heterocycles. The lowest BCUT2D eigenvalue weighted by Crippen LogP contribution is -1.90. The molecule has 0 radical (unpaired) electrons. The monoisotopic (exact) mass is 480 g/mol. The molecule has 36 heavy (non-hydrogen) atoms. The number of aryl methyl sites for hydroxylation is 2. The van der Waals surface area contributed by atoms with Gasteiger partial charge in [-0.3, -0.25) is 0 Å². The summed E-state index contributed by atoms with van der Waals surface area (Å²) in [6.45, 7) is 0. The van der Waals surface area contributed by atoms with Crippen molar-refractivity contribution in [1.29, 1.82) is 0 Å². The van der Waals surface area contributed by atoms with Gasteiger partial charge in [0.15, 0.2) is 0 Å². The van der Waals surface area contributed by atoms with E-state index in [0.29, 0.717) is 0 Å². The van der Waals surface area contributed by atoms with E-state index in [-0.39, 0.29) is 0 Å². The minimum Gasteiger partial charge on any atom is -0.344 e. The zero-order valence-electron chi connectivity index (χ0n) is 20.2. The third-order valence-electron chi connectivity index (χ3n) is 7.96. The maximum atomic E-state index is 2.43. The van der Waals surface area contributed by atoms with E-state index < -0.39 is 0 Å². The van der Waals surface area contributed by atoms with Crippen LogP contribution in [0.1, 0.15) is 11.1 Å². The van der Waals surface area contributed by atoms with Crippen molar-refractivity contribution in [2.45, 2.75) is 6.42 Å². The molecule has 0 bridgehead atoms. The molecule has 0 N–H and O–H groups in total. The Morgan fingerprint density at radius 2 is 1.11 bits per heavy atom. The average Bonchev–Trinajstić information content (AvgIpc) is 3.52. The Morgan fingerprint density at radius 1 is 0.500 bits per heavy atom. The van der Waals surface area contributed by atoms with Gasteiger partial charge in [0, 0.05) is 77.9 Å². The van der Waals surface area contributed by atoms with Gasteiger partial charge < -0.3 is 9.13 Å². The average molecular weight is 481 g/mol. The van der Waals surface area contributed by atoms with Gasteiger partial charge in [0.2, 0.25) is 0 Å². The maximum absolute atomic E-state index is 2.43. The summed E-state index contributed by atoms with van der Waals surface area (Å²) in [5.74, 6) is 0. The van der Waals surface area contributed by atoms with E-state index in [1.165, 1.54) is 74.9 Å². The third-order valence-corrected chi connectivity index (χ3v) is 9.10. The van der Waals surface area contributed by atoms with Gasteiger partial charge in [-0.1, -0.05) is 48.5 Å². The molecule has 5 aromatic carbocycles. The van der Waals surface area contributed by atoms with Gasteiger partial charge >= 0.3 is 0 Å². The van der Waals surface area contributed by atoms with Crippen molar-refractivity contribution in [3.8, 4) is 0 Å². The highest BCUT2D eigenvalue weighted by Crippen LogP contribution is 2.42. The Hall–Kier alpha value is -4.08. The third kappa shape index (κ3) is 2.66. The normalized spacial score (nSPS) is 12.3. The fourth-order valence-electron chi connectivity index (χ4n) is 6.23. The first kappa shape index (κ1) is 20.1. The van der Waals surface area contributed by atoms with E-state index >= 15 is 0 Å². The summed E-state index contributed by atoms with van der Waals surface area (Å²) in [4.78, 5) is 0. The lowest BCUT2D eigenvalue weighted by molar-refractivity contribution is 1.01. The second-order valence-electron chi connectivity index (χ2n) is 9.95. The molecule has 0 fully saturated rings.